The first kappa shape index (κ1) is 20.7. The number of nitrogens with zero attached hydrogens (tertiary/aromatic N) is 2. The molecule has 0 fully saturated rings. The Hall–Kier alpha value is -4.63. The Labute approximate surface area is 209 Å². The molecule has 0 radical (unpaired) electrons. The van der Waals surface area contributed by atoms with Gasteiger partial charge in [0.05, 0.1) is 11.0 Å². The molecule has 0 amide bonds. The summed E-state index contributed by atoms with van der Waals surface area (Å²) in [5, 5.41) is 2.55. The first-order chi connectivity index (χ1) is 17.8. The molecule has 0 aliphatic rings. The van der Waals surface area contributed by atoms with Crippen molar-refractivity contribution in [1.82, 2.24) is 9.55 Å². The Morgan fingerprint density at radius 3 is 1.86 bits per heavy atom. The number of para-hydroxylation sites is 2. The molecular weight excluding hydrogens is 440 g/mol. The summed E-state index contributed by atoms with van der Waals surface area (Å²) in [7, 11) is 0. The van der Waals surface area contributed by atoms with E-state index in [-0.39, 0.29) is 0 Å². The quantitative estimate of drug-likeness (QED) is 0.260. The standard InChI is InChI=1S/C33H24N2O/c1-2-22-11-20-32-29(21-22)34-33(36-32)25-14-12-23(13-15-25)24-16-18-26(19-17-24)35-30-9-5-3-7-27(30)28-8-4-6-10-31(28)35/h3-21H,2H2,1H3. The predicted molar refractivity (Wildman–Crippen MR) is 149 cm³/mol. The van der Waals surface area contributed by atoms with Crippen molar-refractivity contribution < 1.29 is 4.42 Å². The fraction of sp³-hybridized carbons (Fsp3) is 0.0606. The summed E-state index contributed by atoms with van der Waals surface area (Å²) in [5.74, 6) is 0.659. The third-order valence-corrected chi connectivity index (χ3v) is 7.03. The molecule has 5 aromatic carbocycles. The van der Waals surface area contributed by atoms with Gasteiger partial charge in [-0.25, -0.2) is 4.98 Å². The molecule has 0 aliphatic carbocycles. The van der Waals surface area contributed by atoms with Gasteiger partial charge in [0, 0.05) is 22.0 Å². The molecule has 0 saturated heterocycles. The molecule has 0 aliphatic heterocycles. The summed E-state index contributed by atoms with van der Waals surface area (Å²) in [6, 6.07) is 40.7. The smallest absolute Gasteiger partial charge is 0.227 e. The maximum atomic E-state index is 6.01. The SMILES string of the molecule is CCc1ccc2oc(-c3ccc(-c4ccc(-n5c6ccccc6c6ccccc65)cc4)cc3)nc2c1. The van der Waals surface area contributed by atoms with Gasteiger partial charge in [-0.2, -0.15) is 0 Å². The number of hydrogen-bond donors (Lipinski definition) is 0. The highest BCUT2D eigenvalue weighted by Crippen LogP contribution is 2.33. The van der Waals surface area contributed by atoms with Crippen LogP contribution in [0.25, 0.3) is 61.2 Å². The molecule has 2 heterocycles. The molecule has 0 unspecified atom stereocenters. The Balaban J connectivity index is 1.22. The Kier molecular flexibility index (Phi) is 4.74. The van der Waals surface area contributed by atoms with Crippen molar-refractivity contribution in [2.45, 2.75) is 13.3 Å². The molecule has 0 N–H and O–H groups in total. The highest BCUT2D eigenvalue weighted by atomic mass is 16.3. The van der Waals surface area contributed by atoms with Crippen molar-refractivity contribution >= 4 is 32.9 Å². The molecule has 7 aromatic rings. The van der Waals surface area contributed by atoms with Gasteiger partial charge in [0.1, 0.15) is 5.52 Å². The first-order valence-corrected chi connectivity index (χ1v) is 12.4. The third kappa shape index (κ3) is 3.32. The van der Waals surface area contributed by atoms with E-state index in [9.17, 15) is 0 Å². The van der Waals surface area contributed by atoms with E-state index in [1.54, 1.807) is 0 Å². The monoisotopic (exact) mass is 464 g/mol. The van der Waals surface area contributed by atoms with E-state index < -0.39 is 0 Å². The highest BCUT2D eigenvalue weighted by Gasteiger charge is 2.12. The number of hydrogen-bond acceptors (Lipinski definition) is 2. The van der Waals surface area contributed by atoms with Crippen molar-refractivity contribution in [2.75, 3.05) is 0 Å². The highest BCUT2D eigenvalue weighted by molar-refractivity contribution is 6.09. The maximum Gasteiger partial charge on any atom is 0.227 e. The van der Waals surface area contributed by atoms with E-state index in [0.717, 1.165) is 34.3 Å². The molecular formula is C33H24N2O. The summed E-state index contributed by atoms with van der Waals surface area (Å²) >= 11 is 0. The molecule has 36 heavy (non-hydrogen) atoms. The van der Waals surface area contributed by atoms with Crippen molar-refractivity contribution in [1.29, 1.82) is 0 Å². The van der Waals surface area contributed by atoms with Crippen molar-refractivity contribution in [3.63, 3.8) is 0 Å². The van der Waals surface area contributed by atoms with Crippen molar-refractivity contribution in [3.05, 3.63) is 121 Å². The van der Waals surface area contributed by atoms with Crippen molar-refractivity contribution in [2.24, 2.45) is 0 Å². The molecule has 0 atom stereocenters. The number of oxazole rings is 1. The fourth-order valence-corrected chi connectivity index (χ4v) is 5.13. The lowest BCUT2D eigenvalue weighted by Crippen LogP contribution is -1.93. The van der Waals surface area contributed by atoms with Gasteiger partial charge >= 0.3 is 0 Å². The van der Waals surface area contributed by atoms with E-state index in [1.165, 1.54) is 32.9 Å². The van der Waals surface area contributed by atoms with Gasteiger partial charge in [-0.3, -0.25) is 0 Å². The van der Waals surface area contributed by atoms with Gasteiger partial charge in [-0.1, -0.05) is 73.7 Å². The minimum absolute atomic E-state index is 0.659. The molecule has 2 aromatic heterocycles. The zero-order chi connectivity index (χ0) is 24.1. The van der Waals surface area contributed by atoms with Crippen LogP contribution in [0.2, 0.25) is 0 Å². The van der Waals surface area contributed by atoms with E-state index >= 15 is 0 Å². The van der Waals surface area contributed by atoms with Crippen LogP contribution in [0.5, 0.6) is 0 Å². The molecule has 7 rings (SSSR count). The lowest BCUT2D eigenvalue weighted by atomic mass is 10.0. The lowest BCUT2D eigenvalue weighted by molar-refractivity contribution is 0.620. The maximum absolute atomic E-state index is 6.01. The molecule has 0 saturated carbocycles. The molecule has 172 valence electrons. The van der Waals surface area contributed by atoms with Gasteiger partial charge in [0.2, 0.25) is 5.89 Å². The van der Waals surface area contributed by atoms with Gasteiger partial charge in [0.25, 0.3) is 0 Å². The largest absolute Gasteiger partial charge is 0.436 e. The van der Waals surface area contributed by atoms with Crippen LogP contribution in [-0.2, 0) is 6.42 Å². The Morgan fingerprint density at radius 1 is 0.639 bits per heavy atom. The van der Waals surface area contributed by atoms with Crippen LogP contribution in [0.1, 0.15) is 12.5 Å². The second-order valence-corrected chi connectivity index (χ2v) is 9.17. The molecule has 0 bridgehead atoms. The molecule has 0 spiro atoms. The van der Waals surface area contributed by atoms with Crippen LogP contribution in [0, 0.1) is 0 Å². The predicted octanol–water partition coefficient (Wildman–Crippen LogP) is 8.82. The van der Waals surface area contributed by atoms with Gasteiger partial charge < -0.3 is 8.98 Å². The van der Waals surface area contributed by atoms with Crippen molar-refractivity contribution in [3.8, 4) is 28.3 Å². The summed E-state index contributed by atoms with van der Waals surface area (Å²) in [6.45, 7) is 2.15. The molecule has 3 nitrogen and oxygen atoms in total. The number of rotatable bonds is 4. The summed E-state index contributed by atoms with van der Waals surface area (Å²) in [6.07, 6.45) is 0.988. The summed E-state index contributed by atoms with van der Waals surface area (Å²) in [5.41, 5.74) is 9.93. The summed E-state index contributed by atoms with van der Waals surface area (Å²) < 4.78 is 8.35. The normalized spacial score (nSPS) is 11.6. The topological polar surface area (TPSA) is 31.0 Å². The van der Waals surface area contributed by atoms with Gasteiger partial charge in [-0.05, 0) is 71.6 Å². The number of aryl methyl sites for hydroxylation is 1. The van der Waals surface area contributed by atoms with Crippen LogP contribution in [0.15, 0.2) is 120 Å². The first-order valence-electron chi connectivity index (χ1n) is 12.4. The zero-order valence-electron chi connectivity index (χ0n) is 20.0. The third-order valence-electron chi connectivity index (χ3n) is 7.03. The zero-order valence-corrected chi connectivity index (χ0v) is 20.0. The number of fused-ring (bicyclic) bond motifs is 4. The number of benzene rings is 5. The van der Waals surface area contributed by atoms with E-state index in [0.29, 0.717) is 5.89 Å². The Bertz CT molecular complexity index is 1800. The second-order valence-electron chi connectivity index (χ2n) is 9.17. The fourth-order valence-electron chi connectivity index (χ4n) is 5.13. The van der Waals surface area contributed by atoms with Crippen LogP contribution in [0.3, 0.4) is 0 Å². The lowest BCUT2D eigenvalue weighted by Gasteiger charge is -2.09. The van der Waals surface area contributed by atoms with Gasteiger partial charge in [0.15, 0.2) is 5.58 Å². The van der Waals surface area contributed by atoms with Gasteiger partial charge in [-0.15, -0.1) is 0 Å². The minimum Gasteiger partial charge on any atom is -0.436 e. The average molecular weight is 465 g/mol. The molecule has 3 heteroatoms. The number of aromatic nitrogens is 2. The van der Waals surface area contributed by atoms with Crippen LogP contribution in [-0.4, -0.2) is 9.55 Å². The van der Waals surface area contributed by atoms with Crippen LogP contribution in [0.4, 0.5) is 0 Å². The van der Waals surface area contributed by atoms with E-state index in [2.05, 4.69) is 121 Å². The summed E-state index contributed by atoms with van der Waals surface area (Å²) in [4.78, 5) is 4.71. The average Bonchev–Trinajstić information content (AvgIpc) is 3.52. The minimum atomic E-state index is 0.659. The second kappa shape index (κ2) is 8.24. The van der Waals surface area contributed by atoms with E-state index in [4.69, 9.17) is 9.40 Å². The van der Waals surface area contributed by atoms with Crippen LogP contribution < -0.4 is 0 Å². The van der Waals surface area contributed by atoms with E-state index in [1.807, 2.05) is 6.07 Å². The van der Waals surface area contributed by atoms with Crippen LogP contribution >= 0.6 is 0 Å². The Morgan fingerprint density at radius 2 is 1.22 bits per heavy atom.